The summed E-state index contributed by atoms with van der Waals surface area (Å²) in [6.45, 7) is 4.83. The number of hydrogen-bond donors (Lipinski definition) is 3. The van der Waals surface area contributed by atoms with Crippen molar-refractivity contribution in [3.8, 4) is 0 Å². The monoisotopic (exact) mass is 306 g/mol. The Balaban J connectivity index is 0.00000361. The Bertz CT molecular complexity index is 316. The molecule has 0 unspecified atom stereocenters. The zero-order chi connectivity index (χ0) is 14.4. The lowest BCUT2D eigenvalue weighted by Gasteiger charge is -2.26. The van der Waals surface area contributed by atoms with E-state index in [1.54, 1.807) is 0 Å². The quantitative estimate of drug-likeness (QED) is 0.513. The molecular formula is C14H27ClN2O3. The molecule has 0 heterocycles. The van der Waals surface area contributed by atoms with Gasteiger partial charge in [-0.2, -0.15) is 0 Å². The molecule has 1 saturated carbocycles. The predicted octanol–water partition coefficient (Wildman–Crippen LogP) is -2.35. The lowest BCUT2D eigenvalue weighted by molar-refractivity contribution is -0.406. The fourth-order valence-corrected chi connectivity index (χ4v) is 2.68. The smallest absolute Gasteiger partial charge is 0.306 e. The number of hydrogen-bond acceptors (Lipinski definition) is 2. The molecule has 0 aromatic carbocycles. The number of rotatable bonds is 6. The second-order valence-corrected chi connectivity index (χ2v) is 6.13. The summed E-state index contributed by atoms with van der Waals surface area (Å²) in [4.78, 5) is 22.7. The number of carbonyl (C=O) groups excluding carboxylic acids is 1. The van der Waals surface area contributed by atoms with Crippen molar-refractivity contribution < 1.29 is 32.8 Å². The maximum atomic E-state index is 11.8. The van der Waals surface area contributed by atoms with Crippen LogP contribution in [0.5, 0.6) is 0 Å². The van der Waals surface area contributed by atoms with E-state index in [4.69, 9.17) is 5.11 Å². The van der Waals surface area contributed by atoms with E-state index < -0.39 is 5.97 Å². The Morgan fingerprint density at radius 3 is 2.25 bits per heavy atom. The standard InChI is InChI=1S/C14H26N2O3.ClH/c1-9(2)7-12(15)13(17)16-8-10-3-5-11(6-4-10)14(18)19;/h9-12H,3-8,15H2,1-2H3,(H,16,17)(H,18,19);1H/t10?,11?,12-;/m0./s1. The fourth-order valence-electron chi connectivity index (χ4n) is 2.68. The van der Waals surface area contributed by atoms with Crippen LogP contribution in [0.4, 0.5) is 0 Å². The second kappa shape index (κ2) is 9.19. The van der Waals surface area contributed by atoms with E-state index in [-0.39, 0.29) is 30.3 Å². The molecule has 0 bridgehead atoms. The average Bonchev–Trinajstić information content (AvgIpc) is 2.35. The van der Waals surface area contributed by atoms with Crippen molar-refractivity contribution in [2.45, 2.75) is 52.0 Å². The van der Waals surface area contributed by atoms with Gasteiger partial charge in [-0.05, 0) is 37.5 Å². The average molecular weight is 307 g/mol. The van der Waals surface area contributed by atoms with Crippen molar-refractivity contribution in [2.75, 3.05) is 6.54 Å². The Morgan fingerprint density at radius 1 is 1.25 bits per heavy atom. The van der Waals surface area contributed by atoms with E-state index in [0.29, 0.717) is 18.4 Å². The van der Waals surface area contributed by atoms with Crippen LogP contribution >= 0.6 is 0 Å². The van der Waals surface area contributed by atoms with Gasteiger partial charge >= 0.3 is 5.97 Å². The van der Waals surface area contributed by atoms with Crippen molar-refractivity contribution in [2.24, 2.45) is 17.8 Å². The van der Waals surface area contributed by atoms with E-state index in [0.717, 1.165) is 32.1 Å². The minimum atomic E-state index is -0.683. The van der Waals surface area contributed by atoms with Gasteiger partial charge in [0.2, 0.25) is 0 Å². The zero-order valence-electron chi connectivity index (χ0n) is 12.4. The van der Waals surface area contributed by atoms with Gasteiger partial charge in [-0.3, -0.25) is 9.59 Å². The van der Waals surface area contributed by atoms with Gasteiger partial charge in [-0.1, -0.05) is 13.8 Å². The summed E-state index contributed by atoms with van der Waals surface area (Å²) < 4.78 is 0. The molecule has 0 aromatic heterocycles. The molecular weight excluding hydrogens is 280 g/mol. The van der Waals surface area contributed by atoms with Crippen molar-refractivity contribution in [1.29, 1.82) is 0 Å². The molecule has 0 saturated heterocycles. The van der Waals surface area contributed by atoms with Gasteiger partial charge in [-0.15, -0.1) is 0 Å². The Labute approximate surface area is 127 Å². The molecule has 1 atom stereocenters. The van der Waals surface area contributed by atoms with E-state index in [2.05, 4.69) is 24.9 Å². The highest BCUT2D eigenvalue weighted by Gasteiger charge is 2.26. The highest BCUT2D eigenvalue weighted by molar-refractivity contribution is 5.80. The van der Waals surface area contributed by atoms with Crippen molar-refractivity contribution in [3.63, 3.8) is 0 Å². The summed E-state index contributed by atoms with van der Waals surface area (Å²) in [6.07, 6.45) is 4.05. The van der Waals surface area contributed by atoms with Crippen LogP contribution in [0.1, 0.15) is 46.0 Å². The molecule has 1 aliphatic rings. The molecule has 1 amide bonds. The fraction of sp³-hybridized carbons (Fsp3) is 0.857. The molecule has 0 spiro atoms. The van der Waals surface area contributed by atoms with Crippen molar-refractivity contribution in [1.82, 2.24) is 5.32 Å². The Morgan fingerprint density at radius 2 is 1.80 bits per heavy atom. The topological polar surface area (TPSA) is 94.0 Å². The van der Waals surface area contributed by atoms with Crippen molar-refractivity contribution in [3.05, 3.63) is 0 Å². The van der Waals surface area contributed by atoms with Gasteiger partial charge < -0.3 is 28.6 Å². The summed E-state index contributed by atoms with van der Waals surface area (Å²) in [5.74, 6) is 0.0461. The van der Waals surface area contributed by atoms with Crippen LogP contribution in [-0.4, -0.2) is 29.6 Å². The first-order valence-electron chi connectivity index (χ1n) is 7.23. The van der Waals surface area contributed by atoms with Crippen LogP contribution in [-0.2, 0) is 9.59 Å². The third-order valence-electron chi connectivity index (χ3n) is 3.89. The lowest BCUT2D eigenvalue weighted by atomic mass is 9.82. The summed E-state index contributed by atoms with van der Waals surface area (Å²) >= 11 is 0. The van der Waals surface area contributed by atoms with Crippen LogP contribution in [0.2, 0.25) is 0 Å². The first-order chi connectivity index (χ1) is 8.90. The molecule has 6 heteroatoms. The zero-order valence-corrected chi connectivity index (χ0v) is 13.2. The number of amides is 1. The maximum Gasteiger partial charge on any atom is 0.306 e. The summed E-state index contributed by atoms with van der Waals surface area (Å²) in [6, 6.07) is -0.185. The second-order valence-electron chi connectivity index (χ2n) is 6.13. The molecule has 0 aliphatic heterocycles. The largest absolute Gasteiger partial charge is 1.00 e. The van der Waals surface area contributed by atoms with Gasteiger partial charge in [0.1, 0.15) is 0 Å². The number of carboxylic acids is 1. The molecule has 5 nitrogen and oxygen atoms in total. The van der Waals surface area contributed by atoms with Crippen LogP contribution in [0.25, 0.3) is 0 Å². The molecule has 1 aliphatic carbocycles. The molecule has 0 aromatic rings. The van der Waals surface area contributed by atoms with E-state index in [9.17, 15) is 9.59 Å². The van der Waals surface area contributed by atoms with Crippen LogP contribution in [0, 0.1) is 17.8 Å². The molecule has 118 valence electrons. The van der Waals surface area contributed by atoms with Crippen LogP contribution in [0.15, 0.2) is 0 Å². The Kier molecular flexibility index (Phi) is 8.81. The third kappa shape index (κ3) is 6.57. The number of carbonyl (C=O) groups is 2. The van der Waals surface area contributed by atoms with E-state index in [1.807, 2.05) is 0 Å². The van der Waals surface area contributed by atoms with Gasteiger partial charge in [0.25, 0.3) is 5.91 Å². The normalized spacial score (nSPS) is 23.8. The number of nitrogens with one attached hydrogen (secondary N) is 1. The molecule has 5 N–H and O–H groups in total. The molecule has 0 radical (unpaired) electrons. The highest BCUT2D eigenvalue weighted by atomic mass is 35.5. The van der Waals surface area contributed by atoms with Gasteiger partial charge in [-0.25, -0.2) is 0 Å². The Hall–Kier alpha value is -0.810. The van der Waals surface area contributed by atoms with Gasteiger partial charge in [0, 0.05) is 13.0 Å². The summed E-state index contributed by atoms with van der Waals surface area (Å²) in [5.41, 5.74) is 3.89. The number of quaternary nitrogens is 1. The number of aliphatic carboxylic acids is 1. The predicted molar refractivity (Wildman–Crippen MR) is 72.2 cm³/mol. The summed E-state index contributed by atoms with van der Waals surface area (Å²) in [5, 5.41) is 11.9. The lowest BCUT2D eigenvalue weighted by Crippen LogP contribution is -3.00. The highest BCUT2D eigenvalue weighted by Crippen LogP contribution is 2.28. The minimum Gasteiger partial charge on any atom is -1.00 e. The van der Waals surface area contributed by atoms with E-state index in [1.165, 1.54) is 0 Å². The van der Waals surface area contributed by atoms with Crippen molar-refractivity contribution >= 4 is 11.9 Å². The minimum absolute atomic E-state index is 0. The summed E-state index contributed by atoms with van der Waals surface area (Å²) in [7, 11) is 0. The molecule has 20 heavy (non-hydrogen) atoms. The third-order valence-corrected chi connectivity index (χ3v) is 3.89. The maximum absolute atomic E-state index is 11.8. The van der Waals surface area contributed by atoms with Crippen LogP contribution < -0.4 is 23.5 Å². The first-order valence-corrected chi connectivity index (χ1v) is 7.23. The molecule has 1 rings (SSSR count). The first kappa shape index (κ1) is 19.2. The van der Waals surface area contributed by atoms with E-state index >= 15 is 0 Å². The number of carboxylic acid groups (broad SMARTS) is 1. The SMILES string of the molecule is CC(C)C[C@H]([NH3+])C(=O)NCC1CCC(C(=O)O)CC1.[Cl-]. The van der Waals surface area contributed by atoms with Crippen LogP contribution in [0.3, 0.4) is 0 Å². The van der Waals surface area contributed by atoms with Gasteiger partial charge in [0.05, 0.1) is 5.92 Å². The molecule has 1 fully saturated rings. The number of halogens is 1. The van der Waals surface area contributed by atoms with Gasteiger partial charge in [0.15, 0.2) is 6.04 Å².